The van der Waals surface area contributed by atoms with E-state index in [-0.39, 0.29) is 0 Å². The predicted molar refractivity (Wildman–Crippen MR) is 84.2 cm³/mol. The summed E-state index contributed by atoms with van der Waals surface area (Å²) in [7, 11) is 0. The largest absolute Gasteiger partial charge is 0.338 e. The number of aromatic amines is 1. The van der Waals surface area contributed by atoms with Crippen LogP contribution in [0.2, 0.25) is 0 Å². The van der Waals surface area contributed by atoms with Crippen LogP contribution in [0.3, 0.4) is 0 Å². The lowest BCUT2D eigenvalue weighted by molar-refractivity contribution is 1.14. The first-order valence-electron chi connectivity index (χ1n) is 5.61. The number of benzene rings is 1. The van der Waals surface area contributed by atoms with Crippen molar-refractivity contribution in [1.29, 1.82) is 0 Å². The number of aromatic nitrogens is 2. The number of H-pyrrole nitrogens is 1. The van der Waals surface area contributed by atoms with Gasteiger partial charge in [-0.05, 0) is 62.0 Å². The molecule has 1 N–H and O–H groups in total. The van der Waals surface area contributed by atoms with Crippen molar-refractivity contribution in [2.75, 3.05) is 0 Å². The molecule has 0 spiro atoms. The molecule has 2 heterocycles. The topological polar surface area (TPSA) is 28.7 Å². The summed E-state index contributed by atoms with van der Waals surface area (Å²) in [4.78, 5) is 8.02. The molecule has 0 saturated heterocycles. The summed E-state index contributed by atoms with van der Waals surface area (Å²) >= 11 is 8.72. The van der Waals surface area contributed by atoms with Gasteiger partial charge in [0.05, 0.1) is 18.6 Å². The SMILES string of the molecule is CCc1ccc2nc(-c3cc(Br)sc3Br)[nH]c2c1. The average Bonchev–Trinajstić information content (AvgIpc) is 2.90. The predicted octanol–water partition coefficient (Wildman–Crippen LogP) is 5.38. The molecule has 0 saturated carbocycles. The van der Waals surface area contributed by atoms with Gasteiger partial charge in [0.15, 0.2) is 0 Å². The maximum Gasteiger partial charge on any atom is 0.140 e. The Bertz CT molecular complexity index is 715. The number of rotatable bonds is 2. The Morgan fingerprint density at radius 3 is 2.78 bits per heavy atom. The van der Waals surface area contributed by atoms with Gasteiger partial charge in [-0.1, -0.05) is 13.0 Å². The number of hydrogen-bond acceptors (Lipinski definition) is 2. The van der Waals surface area contributed by atoms with Crippen molar-refractivity contribution in [3.8, 4) is 11.4 Å². The summed E-state index contributed by atoms with van der Waals surface area (Å²) < 4.78 is 2.18. The smallest absolute Gasteiger partial charge is 0.140 e. The fourth-order valence-corrected chi connectivity index (χ4v) is 4.71. The van der Waals surface area contributed by atoms with E-state index in [1.165, 1.54) is 5.56 Å². The van der Waals surface area contributed by atoms with Crippen molar-refractivity contribution in [1.82, 2.24) is 9.97 Å². The van der Waals surface area contributed by atoms with Gasteiger partial charge < -0.3 is 4.98 Å². The standard InChI is InChI=1S/C13H10Br2N2S/c1-2-7-3-4-9-10(5-7)17-13(16-9)8-6-11(14)18-12(8)15/h3-6H,2H2,1H3,(H,16,17). The fourth-order valence-electron chi connectivity index (χ4n) is 1.91. The van der Waals surface area contributed by atoms with Crippen LogP contribution in [0, 0.1) is 0 Å². The zero-order valence-electron chi connectivity index (χ0n) is 9.63. The second-order valence-corrected chi connectivity index (χ2v) is 7.78. The summed E-state index contributed by atoms with van der Waals surface area (Å²) in [6.07, 6.45) is 1.04. The summed E-state index contributed by atoms with van der Waals surface area (Å²) in [6.45, 7) is 2.16. The van der Waals surface area contributed by atoms with Crippen LogP contribution in [0.5, 0.6) is 0 Å². The number of thiophene rings is 1. The number of nitrogens with one attached hydrogen (secondary N) is 1. The van der Waals surface area contributed by atoms with Crippen LogP contribution in [-0.4, -0.2) is 9.97 Å². The van der Waals surface area contributed by atoms with E-state index in [1.54, 1.807) is 11.3 Å². The molecule has 0 aliphatic rings. The lowest BCUT2D eigenvalue weighted by Crippen LogP contribution is -1.78. The first-order valence-corrected chi connectivity index (χ1v) is 8.01. The van der Waals surface area contributed by atoms with Gasteiger partial charge >= 0.3 is 0 Å². The monoisotopic (exact) mass is 384 g/mol. The lowest BCUT2D eigenvalue weighted by Gasteiger charge is -1.94. The van der Waals surface area contributed by atoms with E-state index >= 15 is 0 Å². The Labute approximate surface area is 126 Å². The van der Waals surface area contributed by atoms with Gasteiger partial charge in [-0.3, -0.25) is 0 Å². The minimum Gasteiger partial charge on any atom is -0.338 e. The van der Waals surface area contributed by atoms with Crippen molar-refractivity contribution in [2.24, 2.45) is 0 Å². The molecule has 0 atom stereocenters. The minimum atomic E-state index is 0.909. The van der Waals surface area contributed by atoms with Crippen LogP contribution < -0.4 is 0 Å². The maximum atomic E-state index is 4.63. The molecule has 3 aromatic rings. The third kappa shape index (κ3) is 2.15. The highest BCUT2D eigenvalue weighted by Gasteiger charge is 2.12. The molecule has 0 amide bonds. The van der Waals surface area contributed by atoms with Crippen LogP contribution in [0.4, 0.5) is 0 Å². The zero-order chi connectivity index (χ0) is 12.7. The Kier molecular flexibility index (Phi) is 3.30. The highest BCUT2D eigenvalue weighted by Crippen LogP contribution is 2.37. The summed E-state index contributed by atoms with van der Waals surface area (Å²) in [5, 5.41) is 0. The van der Waals surface area contributed by atoms with Crippen LogP contribution in [0.25, 0.3) is 22.4 Å². The number of nitrogens with zero attached hydrogens (tertiary/aromatic N) is 1. The Morgan fingerprint density at radius 1 is 1.28 bits per heavy atom. The van der Waals surface area contributed by atoms with Gasteiger partial charge in [-0.25, -0.2) is 4.98 Å². The molecule has 0 aliphatic carbocycles. The molecule has 92 valence electrons. The summed E-state index contributed by atoms with van der Waals surface area (Å²) in [6, 6.07) is 8.45. The van der Waals surface area contributed by atoms with E-state index < -0.39 is 0 Å². The van der Waals surface area contributed by atoms with Gasteiger partial charge in [-0.2, -0.15) is 0 Å². The van der Waals surface area contributed by atoms with Gasteiger partial charge in [-0.15, -0.1) is 11.3 Å². The number of hydrogen-bond donors (Lipinski definition) is 1. The van der Waals surface area contributed by atoms with Gasteiger partial charge in [0.25, 0.3) is 0 Å². The fraction of sp³-hybridized carbons (Fsp3) is 0.154. The Morgan fingerprint density at radius 2 is 2.11 bits per heavy atom. The van der Waals surface area contributed by atoms with Gasteiger partial charge in [0.1, 0.15) is 5.82 Å². The Hall–Kier alpha value is -0.650. The molecule has 18 heavy (non-hydrogen) atoms. The van der Waals surface area contributed by atoms with Crippen LogP contribution in [-0.2, 0) is 6.42 Å². The van der Waals surface area contributed by atoms with Crippen LogP contribution in [0.15, 0.2) is 31.8 Å². The molecular formula is C13H10Br2N2S. The highest BCUT2D eigenvalue weighted by molar-refractivity contribution is 9.12. The van der Waals surface area contributed by atoms with E-state index in [2.05, 4.69) is 73.0 Å². The molecule has 0 unspecified atom stereocenters. The molecule has 0 radical (unpaired) electrons. The van der Waals surface area contributed by atoms with Crippen molar-refractivity contribution in [3.05, 3.63) is 37.4 Å². The summed E-state index contributed by atoms with van der Waals surface area (Å²) in [5.74, 6) is 0.909. The third-order valence-corrected chi connectivity index (χ3v) is 5.21. The van der Waals surface area contributed by atoms with E-state index in [0.29, 0.717) is 0 Å². The van der Waals surface area contributed by atoms with Crippen molar-refractivity contribution in [2.45, 2.75) is 13.3 Å². The molecule has 1 aromatic carbocycles. The maximum absolute atomic E-state index is 4.63. The van der Waals surface area contributed by atoms with E-state index in [1.807, 2.05) is 0 Å². The molecule has 5 heteroatoms. The minimum absolute atomic E-state index is 0.909. The molecule has 2 aromatic heterocycles. The normalized spacial score (nSPS) is 11.3. The van der Waals surface area contributed by atoms with Crippen LogP contribution >= 0.6 is 43.2 Å². The molecule has 0 fully saturated rings. The lowest BCUT2D eigenvalue weighted by atomic mass is 10.1. The molecule has 0 aliphatic heterocycles. The second kappa shape index (κ2) is 4.79. The quantitative estimate of drug-likeness (QED) is 0.630. The molecular weight excluding hydrogens is 376 g/mol. The number of imidazole rings is 1. The number of halogens is 2. The Balaban J connectivity index is 2.16. The third-order valence-electron chi connectivity index (χ3n) is 2.87. The highest BCUT2D eigenvalue weighted by atomic mass is 79.9. The number of aryl methyl sites for hydroxylation is 1. The van der Waals surface area contributed by atoms with E-state index in [4.69, 9.17) is 0 Å². The molecule has 0 bridgehead atoms. The average molecular weight is 386 g/mol. The molecule has 2 nitrogen and oxygen atoms in total. The second-order valence-electron chi connectivity index (χ2n) is 4.03. The molecule has 3 rings (SSSR count). The van der Waals surface area contributed by atoms with Crippen molar-refractivity contribution in [3.63, 3.8) is 0 Å². The van der Waals surface area contributed by atoms with Crippen molar-refractivity contribution >= 4 is 54.2 Å². The van der Waals surface area contributed by atoms with E-state index in [0.717, 1.165) is 36.4 Å². The first kappa shape index (κ1) is 12.4. The van der Waals surface area contributed by atoms with E-state index in [9.17, 15) is 0 Å². The first-order chi connectivity index (χ1) is 8.67. The van der Waals surface area contributed by atoms with Gasteiger partial charge in [0, 0.05) is 5.56 Å². The summed E-state index contributed by atoms with van der Waals surface area (Å²) in [5.41, 5.74) is 4.53. The van der Waals surface area contributed by atoms with Crippen molar-refractivity contribution < 1.29 is 0 Å². The van der Waals surface area contributed by atoms with Gasteiger partial charge in [0.2, 0.25) is 0 Å². The zero-order valence-corrected chi connectivity index (χ0v) is 13.6. The number of fused-ring (bicyclic) bond motifs is 1. The van der Waals surface area contributed by atoms with Crippen LogP contribution in [0.1, 0.15) is 12.5 Å².